The molecular weight excluding hydrogens is 415 g/mol. The quantitative estimate of drug-likeness (QED) is 0.448. The summed E-state index contributed by atoms with van der Waals surface area (Å²) in [6.45, 7) is 2.24. The van der Waals surface area contributed by atoms with Crippen LogP contribution >= 0.6 is 22.6 Å². The van der Waals surface area contributed by atoms with Gasteiger partial charge in [0.05, 0.1) is 5.56 Å². The third-order valence-electron chi connectivity index (χ3n) is 5.85. The van der Waals surface area contributed by atoms with Crippen molar-refractivity contribution < 1.29 is 9.53 Å². The summed E-state index contributed by atoms with van der Waals surface area (Å²) in [6, 6.07) is 8.84. The van der Waals surface area contributed by atoms with Crippen LogP contribution in [0.25, 0.3) is 10.9 Å². The lowest BCUT2D eigenvalue weighted by atomic mass is 9.85. The highest BCUT2D eigenvalue weighted by Crippen LogP contribution is 2.42. The maximum Gasteiger partial charge on any atom is 0.338 e. The number of aromatic amines is 1. The van der Waals surface area contributed by atoms with Gasteiger partial charge in [0.2, 0.25) is 0 Å². The van der Waals surface area contributed by atoms with Crippen LogP contribution in [0.4, 0.5) is 0 Å². The number of halogens is 1. The van der Waals surface area contributed by atoms with Crippen molar-refractivity contribution in [2.24, 2.45) is 5.92 Å². The van der Waals surface area contributed by atoms with Gasteiger partial charge in [-0.25, -0.2) is 4.79 Å². The fourth-order valence-electron chi connectivity index (χ4n) is 4.57. The van der Waals surface area contributed by atoms with Crippen LogP contribution in [-0.2, 0) is 4.74 Å². The lowest BCUT2D eigenvalue weighted by molar-refractivity contribution is -0.0321. The number of rotatable bonds is 3. The van der Waals surface area contributed by atoms with Crippen LogP contribution in [-0.4, -0.2) is 45.0 Å². The zero-order valence-corrected chi connectivity index (χ0v) is 16.2. The molecule has 0 radical (unpaired) electrons. The van der Waals surface area contributed by atoms with Crippen LogP contribution < -0.4 is 0 Å². The van der Waals surface area contributed by atoms with Gasteiger partial charge in [0.1, 0.15) is 6.10 Å². The smallest absolute Gasteiger partial charge is 0.338 e. The topological polar surface area (TPSA) is 45.3 Å². The monoisotopic (exact) mass is 438 g/mol. The standard InChI is InChI=1S/C19H23IN2O2/c1-11(20)18-16-6-5-14(22(16)2)10-17(18)24-19(23)13-4-3-12-7-8-21-15(12)9-13/h3-4,7-9,11,14,16-18,21H,5-6,10H2,1-2H3/t11-,14-,16+,17-,18?/m1/s1. The van der Waals surface area contributed by atoms with Gasteiger partial charge in [0.25, 0.3) is 0 Å². The number of ether oxygens (including phenoxy) is 1. The molecule has 0 saturated carbocycles. The van der Waals surface area contributed by atoms with E-state index < -0.39 is 0 Å². The first-order valence-electron chi connectivity index (χ1n) is 8.68. The summed E-state index contributed by atoms with van der Waals surface area (Å²) in [5.74, 6) is 0.218. The first-order chi connectivity index (χ1) is 11.5. The summed E-state index contributed by atoms with van der Waals surface area (Å²) >= 11 is 2.49. The van der Waals surface area contributed by atoms with Gasteiger partial charge in [-0.1, -0.05) is 35.6 Å². The molecule has 1 aromatic heterocycles. The van der Waals surface area contributed by atoms with Crippen LogP contribution in [0.1, 0.15) is 36.5 Å². The van der Waals surface area contributed by atoms with E-state index in [0.29, 0.717) is 27.5 Å². The van der Waals surface area contributed by atoms with E-state index in [-0.39, 0.29) is 12.1 Å². The van der Waals surface area contributed by atoms with Crippen molar-refractivity contribution in [1.82, 2.24) is 9.88 Å². The number of aromatic nitrogens is 1. The fraction of sp³-hybridized carbons (Fsp3) is 0.526. The summed E-state index contributed by atoms with van der Waals surface area (Å²) < 4.78 is 6.51. The number of fused-ring (bicyclic) bond motifs is 3. The molecule has 2 bridgehead atoms. The number of nitrogens with zero attached hydrogens (tertiary/aromatic N) is 1. The Labute approximate surface area is 156 Å². The molecule has 5 atom stereocenters. The minimum atomic E-state index is -0.192. The molecule has 0 amide bonds. The van der Waals surface area contributed by atoms with Crippen molar-refractivity contribution in [2.75, 3.05) is 7.05 Å². The molecule has 2 aliphatic heterocycles. The molecule has 2 aromatic rings. The number of piperidine rings is 1. The van der Waals surface area contributed by atoms with Crippen molar-refractivity contribution in [2.45, 2.75) is 48.3 Å². The molecule has 1 unspecified atom stereocenters. The highest BCUT2D eigenvalue weighted by atomic mass is 127. The van der Waals surface area contributed by atoms with E-state index in [1.807, 2.05) is 30.5 Å². The second kappa shape index (κ2) is 6.33. The maximum atomic E-state index is 12.7. The third-order valence-corrected chi connectivity index (χ3v) is 6.68. The minimum Gasteiger partial charge on any atom is -0.458 e. The Kier molecular flexibility index (Phi) is 4.33. The van der Waals surface area contributed by atoms with Crippen LogP contribution in [0, 0.1) is 5.92 Å². The molecule has 128 valence electrons. The predicted molar refractivity (Wildman–Crippen MR) is 104 cm³/mol. The number of hydrogen-bond acceptors (Lipinski definition) is 3. The molecule has 0 spiro atoms. The Hall–Kier alpha value is -1.08. The average molecular weight is 438 g/mol. The summed E-state index contributed by atoms with van der Waals surface area (Å²) in [6.07, 6.45) is 5.33. The molecule has 2 saturated heterocycles. The Morgan fingerprint density at radius 2 is 2.21 bits per heavy atom. The SMILES string of the molecule is C[C@@H](I)C1[C@H](OC(=O)c2ccc3cc[nH]c3c2)C[C@H]2CC[C@@H]1N2C. The van der Waals surface area contributed by atoms with Gasteiger partial charge < -0.3 is 9.72 Å². The summed E-state index contributed by atoms with van der Waals surface area (Å²) in [7, 11) is 2.23. The van der Waals surface area contributed by atoms with Gasteiger partial charge in [0.15, 0.2) is 0 Å². The molecule has 5 heteroatoms. The number of benzene rings is 1. The first kappa shape index (κ1) is 16.4. The van der Waals surface area contributed by atoms with Crippen LogP contribution in [0.15, 0.2) is 30.5 Å². The molecule has 3 heterocycles. The molecule has 4 rings (SSSR count). The van der Waals surface area contributed by atoms with Gasteiger partial charge in [-0.15, -0.1) is 0 Å². The molecular formula is C19H23IN2O2. The van der Waals surface area contributed by atoms with E-state index in [0.717, 1.165) is 17.3 Å². The molecule has 0 aliphatic carbocycles. The summed E-state index contributed by atoms with van der Waals surface area (Å²) in [5.41, 5.74) is 1.61. The number of nitrogens with one attached hydrogen (secondary N) is 1. The van der Waals surface area contributed by atoms with Crippen molar-refractivity contribution in [3.05, 3.63) is 36.0 Å². The molecule has 2 aliphatic rings. The molecule has 24 heavy (non-hydrogen) atoms. The average Bonchev–Trinajstić information content (AvgIpc) is 3.09. The van der Waals surface area contributed by atoms with E-state index in [9.17, 15) is 4.79 Å². The van der Waals surface area contributed by atoms with E-state index in [1.54, 1.807) is 0 Å². The minimum absolute atomic E-state index is 0.0254. The third kappa shape index (κ3) is 2.75. The second-order valence-corrected chi connectivity index (χ2v) is 9.14. The highest BCUT2D eigenvalue weighted by Gasteiger charge is 2.48. The normalized spacial score (nSPS) is 31.3. The van der Waals surface area contributed by atoms with Crippen LogP contribution in [0.5, 0.6) is 0 Å². The van der Waals surface area contributed by atoms with Gasteiger partial charge in [-0.3, -0.25) is 4.90 Å². The van der Waals surface area contributed by atoms with Crippen molar-refractivity contribution >= 4 is 39.5 Å². The Bertz CT molecular complexity index is 757. The molecule has 4 nitrogen and oxygen atoms in total. The number of carbonyl (C=O) groups excluding carboxylic acids is 1. The zero-order chi connectivity index (χ0) is 16.8. The largest absolute Gasteiger partial charge is 0.458 e. The number of alkyl halides is 1. The van der Waals surface area contributed by atoms with E-state index >= 15 is 0 Å². The van der Waals surface area contributed by atoms with Gasteiger partial charge in [0, 0.05) is 40.1 Å². The number of H-pyrrole nitrogens is 1. The maximum absolute atomic E-state index is 12.7. The second-order valence-electron chi connectivity index (χ2n) is 7.18. The fourth-order valence-corrected chi connectivity index (χ4v) is 5.51. The number of carbonyl (C=O) groups is 1. The van der Waals surface area contributed by atoms with E-state index in [4.69, 9.17) is 4.74 Å². The van der Waals surface area contributed by atoms with Crippen molar-refractivity contribution in [3.8, 4) is 0 Å². The lowest BCUT2D eigenvalue weighted by Crippen LogP contribution is -2.52. The Morgan fingerprint density at radius 3 is 3.00 bits per heavy atom. The first-order valence-corrected chi connectivity index (χ1v) is 9.93. The molecule has 1 aromatic carbocycles. The lowest BCUT2D eigenvalue weighted by Gasteiger charge is -2.43. The van der Waals surface area contributed by atoms with E-state index in [2.05, 4.69) is 46.4 Å². The number of esters is 1. The van der Waals surface area contributed by atoms with Crippen LogP contribution in [0.3, 0.4) is 0 Å². The summed E-state index contributed by atoms with van der Waals surface area (Å²) in [4.78, 5) is 18.4. The molecule has 2 fully saturated rings. The predicted octanol–water partition coefficient (Wildman–Crippen LogP) is 4.00. The Balaban J connectivity index is 1.55. The Morgan fingerprint density at radius 1 is 1.38 bits per heavy atom. The van der Waals surface area contributed by atoms with Gasteiger partial charge in [-0.2, -0.15) is 0 Å². The van der Waals surface area contributed by atoms with Gasteiger partial charge >= 0.3 is 5.97 Å². The van der Waals surface area contributed by atoms with Crippen LogP contribution in [0.2, 0.25) is 0 Å². The van der Waals surface area contributed by atoms with E-state index in [1.165, 1.54) is 12.8 Å². The zero-order valence-electron chi connectivity index (χ0n) is 14.0. The highest BCUT2D eigenvalue weighted by molar-refractivity contribution is 14.1. The number of hydrogen-bond donors (Lipinski definition) is 1. The van der Waals surface area contributed by atoms with Gasteiger partial charge in [-0.05, 0) is 43.5 Å². The van der Waals surface area contributed by atoms with Crippen molar-refractivity contribution in [1.29, 1.82) is 0 Å². The molecule has 1 N–H and O–H groups in total. The summed E-state index contributed by atoms with van der Waals surface area (Å²) in [5, 5.41) is 1.11. The van der Waals surface area contributed by atoms with Crippen molar-refractivity contribution in [3.63, 3.8) is 0 Å².